The second-order valence-corrected chi connectivity index (χ2v) is 31.8. The van der Waals surface area contributed by atoms with Crippen LogP contribution in [0.5, 0.6) is 0 Å². The Kier molecular flexibility index (Phi) is 16.3. The lowest BCUT2D eigenvalue weighted by Gasteiger charge is -2.13. The Balaban J connectivity index is 0.000000103. The number of aromatic nitrogens is 13. The third-order valence-electron chi connectivity index (χ3n) is 24.9. The molecule has 13 heterocycles. The number of fused-ring (bicyclic) bond motifs is 26. The second-order valence-electron chi connectivity index (χ2n) is 31.8. The smallest absolute Gasteiger partial charge is 0.0985 e. The van der Waals surface area contributed by atoms with Gasteiger partial charge in [-0.05, 0) is 208 Å². The number of para-hydroxylation sites is 1. The van der Waals surface area contributed by atoms with Crippen molar-refractivity contribution in [3.05, 3.63) is 408 Å². The minimum Gasteiger partial charge on any atom is -0.309 e. The van der Waals surface area contributed by atoms with E-state index in [-0.39, 0.29) is 0 Å². The van der Waals surface area contributed by atoms with Crippen LogP contribution in [-0.2, 0) is 0 Å². The summed E-state index contributed by atoms with van der Waals surface area (Å²) in [7, 11) is 0. The molecule has 0 saturated heterocycles. The zero-order valence-corrected chi connectivity index (χ0v) is 67.0. The predicted octanol–water partition coefficient (Wildman–Crippen LogP) is 27.7. The standard InChI is InChI=1S/C38H23N5.2C37H22N4/c1-2-9-28-24(7-1)13-17-34-36(28)30-21-25(32-15-12-27(23-42-32)31-11-3-4-18-39-31)14-16-33(30)43(34)35-22-26-8-5-19-40-37(26)38-29(35)10-6-20-41-38;1-3-10-27-23(7-1)14-18-33-35(27)29-21-25(31-16-13-24-8-2-4-12-30(24)40-31)15-17-32(29)41(33)34-22-26-9-5-19-38-36(26)37-28(34)11-6-20-39-37;1-3-10-27-23(7-1)13-16-32-34(27)30-21-26(35-28-11-4-2-8-24(28)17-20-40-35)14-15-31(30)41(32)33-22-25-9-5-18-38-36(25)37-29(33)12-6-19-39-37/h1-23H;2*1-22H. The average Bonchev–Trinajstić information content (AvgIpc) is 1.53. The van der Waals surface area contributed by atoms with Gasteiger partial charge in [-0.3, -0.25) is 44.9 Å². The summed E-state index contributed by atoms with van der Waals surface area (Å²) < 4.78 is 7.17. The lowest BCUT2D eigenvalue weighted by Crippen LogP contribution is -1.97. The van der Waals surface area contributed by atoms with Gasteiger partial charge in [0.05, 0.1) is 112 Å². The quantitative estimate of drug-likeness (QED) is 0.141. The van der Waals surface area contributed by atoms with E-state index < -0.39 is 0 Å². The molecule has 0 aliphatic heterocycles. The van der Waals surface area contributed by atoms with Crippen LogP contribution >= 0.6 is 0 Å². The van der Waals surface area contributed by atoms with Crippen LogP contribution in [0, 0.1) is 0 Å². The molecule has 27 rings (SSSR count). The second kappa shape index (κ2) is 28.8. The van der Waals surface area contributed by atoms with Gasteiger partial charge in [-0.25, -0.2) is 4.98 Å². The lowest BCUT2D eigenvalue weighted by molar-refractivity contribution is 1.20. The van der Waals surface area contributed by atoms with E-state index in [1.807, 2.05) is 116 Å². The van der Waals surface area contributed by atoms with Crippen molar-refractivity contribution in [2.75, 3.05) is 0 Å². The molecule has 0 aliphatic carbocycles. The molecule has 125 heavy (non-hydrogen) atoms. The SMILES string of the molecule is c1ccc(-c2ccc(-c3ccc4c(c3)c3c5ccccc5ccc3n4-c3cc4cccnc4c4ncccc34)nc2)nc1.c1ccc2c(-c3ccc4c(c3)c3c5ccccc5ccc3n4-c3cc4cccnc4c4ncccc34)nccc2c1.c1ccc2nc(-c3ccc4c(c3)c3c5ccccc5ccc3n4-c3cc4cccnc4c4ncccc34)ccc2c1. The monoisotopic (exact) mass is 1590 g/mol. The zero-order valence-electron chi connectivity index (χ0n) is 67.0. The van der Waals surface area contributed by atoms with Gasteiger partial charge in [0.25, 0.3) is 0 Å². The highest BCUT2D eigenvalue weighted by molar-refractivity contribution is 6.26. The summed E-state index contributed by atoms with van der Waals surface area (Å²) in [4.78, 5) is 47.6. The first-order chi connectivity index (χ1) is 62.0. The molecule has 0 unspecified atom stereocenters. The molecule has 0 N–H and O–H groups in total. The minimum atomic E-state index is 0.903. The number of nitrogens with zero attached hydrogens (tertiary/aromatic N) is 13. The Labute approximate surface area is 713 Å². The molecule has 0 fully saturated rings. The summed E-state index contributed by atoms with van der Waals surface area (Å²) in [5, 5.41) is 24.6. The van der Waals surface area contributed by atoms with Gasteiger partial charge < -0.3 is 13.7 Å². The molecule has 0 radical (unpaired) electrons. The highest BCUT2D eigenvalue weighted by Gasteiger charge is 2.25. The molecule has 0 amide bonds. The van der Waals surface area contributed by atoms with Crippen molar-refractivity contribution < 1.29 is 0 Å². The first-order valence-corrected chi connectivity index (χ1v) is 41.9. The van der Waals surface area contributed by atoms with Crippen molar-refractivity contribution in [1.82, 2.24) is 63.5 Å². The van der Waals surface area contributed by atoms with E-state index in [1.54, 1.807) is 0 Å². The first kappa shape index (κ1) is 70.8. The summed E-state index contributed by atoms with van der Waals surface area (Å²) in [6.45, 7) is 0. The highest BCUT2D eigenvalue weighted by atomic mass is 15.0. The van der Waals surface area contributed by atoms with Crippen molar-refractivity contribution in [3.63, 3.8) is 0 Å². The van der Waals surface area contributed by atoms with Crippen LogP contribution in [0.1, 0.15) is 0 Å². The Morgan fingerprint density at radius 3 is 0.984 bits per heavy atom. The summed E-state index contributed by atoms with van der Waals surface area (Å²) in [5.74, 6) is 0. The molecule has 0 saturated carbocycles. The van der Waals surface area contributed by atoms with Crippen LogP contribution in [0.15, 0.2) is 408 Å². The van der Waals surface area contributed by atoms with Crippen LogP contribution in [0.4, 0.5) is 0 Å². The molecule has 0 atom stereocenters. The highest BCUT2D eigenvalue weighted by Crippen LogP contribution is 2.47. The van der Waals surface area contributed by atoms with Gasteiger partial charge in [-0.1, -0.05) is 182 Å². The molecule has 14 aromatic carbocycles. The number of benzene rings is 14. The maximum absolute atomic E-state index is 5.01. The minimum absolute atomic E-state index is 0.903. The number of hydrogen-bond acceptors (Lipinski definition) is 10. The molecular formula is C112H67N13. The Bertz CT molecular complexity index is 9140. The van der Waals surface area contributed by atoms with E-state index in [0.29, 0.717) is 0 Å². The normalized spacial score (nSPS) is 11.8. The van der Waals surface area contributed by atoms with E-state index in [0.717, 1.165) is 177 Å². The summed E-state index contributed by atoms with van der Waals surface area (Å²) in [5.41, 5.74) is 24.7. The molecule has 0 spiro atoms. The van der Waals surface area contributed by atoms with E-state index in [4.69, 9.17) is 29.9 Å². The van der Waals surface area contributed by atoms with Crippen molar-refractivity contribution in [1.29, 1.82) is 0 Å². The Morgan fingerprint density at radius 1 is 0.176 bits per heavy atom. The average molecular weight is 1590 g/mol. The van der Waals surface area contributed by atoms with Crippen molar-refractivity contribution in [3.8, 4) is 62.1 Å². The maximum Gasteiger partial charge on any atom is 0.0985 e. The fraction of sp³-hybridized carbons (Fsp3) is 0. The van der Waals surface area contributed by atoms with Gasteiger partial charge in [0.1, 0.15) is 0 Å². The predicted molar refractivity (Wildman–Crippen MR) is 515 cm³/mol. The van der Waals surface area contributed by atoms with Gasteiger partial charge in [0, 0.05) is 153 Å². The van der Waals surface area contributed by atoms with Crippen molar-refractivity contribution in [2.24, 2.45) is 0 Å². The van der Waals surface area contributed by atoms with Crippen LogP contribution in [0.3, 0.4) is 0 Å². The largest absolute Gasteiger partial charge is 0.309 e. The van der Waals surface area contributed by atoms with Crippen LogP contribution in [0.2, 0.25) is 0 Å². The number of rotatable bonds is 7. The maximum atomic E-state index is 5.01. The molecule has 13 nitrogen and oxygen atoms in total. The third kappa shape index (κ3) is 11.6. The van der Waals surface area contributed by atoms with E-state index in [9.17, 15) is 0 Å². The summed E-state index contributed by atoms with van der Waals surface area (Å²) in [6, 6.07) is 124. The van der Waals surface area contributed by atoms with Crippen LogP contribution in [-0.4, -0.2) is 63.5 Å². The van der Waals surface area contributed by atoms with Gasteiger partial charge >= 0.3 is 0 Å². The summed E-state index contributed by atoms with van der Waals surface area (Å²) in [6.07, 6.45) is 16.7. The van der Waals surface area contributed by atoms with Crippen LogP contribution < -0.4 is 0 Å². The van der Waals surface area contributed by atoms with Gasteiger partial charge in [0.2, 0.25) is 0 Å². The lowest BCUT2D eigenvalue weighted by atomic mass is 10.00. The molecule has 27 aromatic rings. The van der Waals surface area contributed by atoms with E-state index in [2.05, 4.69) is 325 Å². The van der Waals surface area contributed by atoms with Gasteiger partial charge in [-0.15, -0.1) is 0 Å². The molecule has 0 aliphatic rings. The third-order valence-corrected chi connectivity index (χ3v) is 24.9. The molecule has 580 valence electrons. The van der Waals surface area contributed by atoms with Gasteiger partial charge in [0.15, 0.2) is 0 Å². The van der Waals surface area contributed by atoms with Crippen molar-refractivity contribution in [2.45, 2.75) is 0 Å². The number of hydrogen-bond donors (Lipinski definition) is 0. The topological polar surface area (TPSA) is 144 Å². The fourth-order valence-corrected chi connectivity index (χ4v) is 19.3. The van der Waals surface area contributed by atoms with E-state index in [1.165, 1.54) is 70.0 Å². The zero-order chi connectivity index (χ0) is 82.2. The first-order valence-electron chi connectivity index (χ1n) is 41.9. The van der Waals surface area contributed by atoms with Crippen LogP contribution in [0.25, 0.3) is 247 Å². The molecule has 13 aromatic heterocycles. The summed E-state index contributed by atoms with van der Waals surface area (Å²) >= 11 is 0. The molecule has 13 heteroatoms. The fourth-order valence-electron chi connectivity index (χ4n) is 19.3. The number of pyridine rings is 10. The van der Waals surface area contributed by atoms with Gasteiger partial charge in [-0.2, -0.15) is 0 Å². The van der Waals surface area contributed by atoms with E-state index >= 15 is 0 Å². The Hall–Kier alpha value is -17.2. The molecular weight excluding hydrogens is 1530 g/mol. The Morgan fingerprint density at radius 2 is 0.520 bits per heavy atom. The molecule has 0 bridgehead atoms. The van der Waals surface area contributed by atoms with Crippen molar-refractivity contribution >= 4 is 185 Å².